The summed E-state index contributed by atoms with van der Waals surface area (Å²) in [6.45, 7) is 0. The number of hydroxylamine groups is 1. The van der Waals surface area contributed by atoms with Gasteiger partial charge in [-0.2, -0.15) is 5.26 Å². The SMILES string of the molecule is N#Cc1ccc(NC(=O)O[C@@H](c2ccc(O)cc2)[C@H](CC/C=C/C(=O)NO)Oc2ccccc2)cc1. The second-order valence-corrected chi connectivity index (χ2v) is 7.66. The van der Waals surface area contributed by atoms with Crippen molar-refractivity contribution in [3.63, 3.8) is 0 Å². The number of nitrogens with one attached hydrogen (secondary N) is 2. The quantitative estimate of drug-likeness (QED) is 0.182. The zero-order valence-corrected chi connectivity index (χ0v) is 19.2. The molecule has 9 nitrogen and oxygen atoms in total. The molecule has 0 aliphatic heterocycles. The third-order valence-corrected chi connectivity index (χ3v) is 5.08. The molecule has 2 amide bonds. The first-order valence-electron chi connectivity index (χ1n) is 11.1. The highest BCUT2D eigenvalue weighted by atomic mass is 16.6. The molecular weight excluding hydrogens is 462 g/mol. The third-order valence-electron chi connectivity index (χ3n) is 5.08. The number of benzene rings is 3. The Morgan fingerprint density at radius 2 is 1.69 bits per heavy atom. The molecule has 0 aliphatic rings. The normalized spacial score (nSPS) is 12.2. The second-order valence-electron chi connectivity index (χ2n) is 7.66. The van der Waals surface area contributed by atoms with E-state index in [0.717, 1.165) is 0 Å². The number of nitrogens with zero attached hydrogens (tertiary/aromatic N) is 1. The molecule has 0 spiro atoms. The van der Waals surface area contributed by atoms with Gasteiger partial charge in [-0.3, -0.25) is 15.3 Å². The minimum atomic E-state index is -0.885. The van der Waals surface area contributed by atoms with E-state index in [1.165, 1.54) is 23.7 Å². The average molecular weight is 488 g/mol. The summed E-state index contributed by atoms with van der Waals surface area (Å²) in [6, 6.07) is 23.6. The lowest BCUT2D eigenvalue weighted by Crippen LogP contribution is -2.31. The zero-order valence-electron chi connectivity index (χ0n) is 19.2. The molecule has 36 heavy (non-hydrogen) atoms. The summed E-state index contributed by atoms with van der Waals surface area (Å²) in [4.78, 5) is 24.1. The molecule has 0 saturated carbocycles. The lowest BCUT2D eigenvalue weighted by Gasteiger charge is -2.28. The van der Waals surface area contributed by atoms with Crippen molar-refractivity contribution in [3.8, 4) is 17.6 Å². The van der Waals surface area contributed by atoms with Crippen LogP contribution in [-0.2, 0) is 9.53 Å². The number of carbonyl (C=O) groups is 2. The highest BCUT2D eigenvalue weighted by Gasteiger charge is 2.29. The van der Waals surface area contributed by atoms with Gasteiger partial charge in [-0.15, -0.1) is 0 Å². The summed E-state index contributed by atoms with van der Waals surface area (Å²) < 4.78 is 12.0. The van der Waals surface area contributed by atoms with E-state index in [-0.39, 0.29) is 5.75 Å². The third kappa shape index (κ3) is 7.90. The van der Waals surface area contributed by atoms with E-state index in [9.17, 15) is 14.7 Å². The molecular formula is C27H25N3O6. The number of hydrogen-bond donors (Lipinski definition) is 4. The van der Waals surface area contributed by atoms with E-state index >= 15 is 0 Å². The summed E-state index contributed by atoms with van der Waals surface area (Å²) >= 11 is 0. The lowest BCUT2D eigenvalue weighted by molar-refractivity contribution is -0.124. The van der Waals surface area contributed by atoms with Crippen molar-refractivity contribution in [1.29, 1.82) is 5.26 Å². The highest BCUT2D eigenvalue weighted by molar-refractivity contribution is 5.86. The van der Waals surface area contributed by atoms with Crippen LogP contribution < -0.4 is 15.5 Å². The summed E-state index contributed by atoms with van der Waals surface area (Å²) in [6.07, 6.45) is 1.18. The number of carbonyl (C=O) groups excluding carboxylic acids is 2. The maximum atomic E-state index is 12.8. The van der Waals surface area contributed by atoms with Gasteiger partial charge in [0.05, 0.1) is 11.6 Å². The van der Waals surface area contributed by atoms with E-state index in [4.69, 9.17) is 19.9 Å². The fourth-order valence-electron chi connectivity index (χ4n) is 3.35. The van der Waals surface area contributed by atoms with E-state index in [1.54, 1.807) is 54.6 Å². The Kier molecular flexibility index (Phi) is 9.44. The van der Waals surface area contributed by atoms with Crippen LogP contribution in [0.1, 0.15) is 30.1 Å². The number of para-hydroxylation sites is 1. The van der Waals surface area contributed by atoms with Crippen LogP contribution in [0, 0.1) is 11.3 Å². The zero-order chi connectivity index (χ0) is 25.8. The van der Waals surface area contributed by atoms with Gasteiger partial charge in [-0.25, -0.2) is 10.3 Å². The molecule has 0 saturated heterocycles. The standard InChI is InChI=1S/C27H25N3O6/c28-18-19-10-14-21(15-11-19)29-27(33)36-26(20-12-16-22(31)17-13-20)24(8-4-5-9-25(32)30-34)35-23-6-2-1-3-7-23/h1-3,5-7,9-17,24,26,31,34H,4,8H2,(H,29,33)(H,30,32)/b9-5+/t24-,26-/m0/s1. The van der Waals surface area contributed by atoms with Gasteiger partial charge in [0, 0.05) is 11.8 Å². The molecule has 0 aliphatic carbocycles. The fraction of sp³-hybridized carbons (Fsp3) is 0.148. The molecule has 4 N–H and O–H groups in total. The molecule has 0 fully saturated rings. The fourth-order valence-corrected chi connectivity index (χ4v) is 3.35. The number of phenolic OH excluding ortho intramolecular Hbond substituents is 1. The van der Waals surface area contributed by atoms with Crippen molar-refractivity contribution in [1.82, 2.24) is 5.48 Å². The molecule has 0 bridgehead atoms. The minimum absolute atomic E-state index is 0.0537. The summed E-state index contributed by atoms with van der Waals surface area (Å²) in [5.74, 6) is -0.0545. The Labute approximate surface area is 208 Å². The number of ether oxygens (including phenoxy) is 2. The second kappa shape index (κ2) is 13.2. The van der Waals surface area contributed by atoms with Crippen molar-refractivity contribution in [2.45, 2.75) is 25.0 Å². The van der Waals surface area contributed by atoms with Crippen LogP contribution >= 0.6 is 0 Å². The Balaban J connectivity index is 1.85. The Morgan fingerprint density at radius 3 is 2.33 bits per heavy atom. The van der Waals surface area contributed by atoms with Gasteiger partial charge < -0.3 is 14.6 Å². The molecule has 184 valence electrons. The van der Waals surface area contributed by atoms with Crippen LogP contribution in [0.15, 0.2) is 91.0 Å². The van der Waals surface area contributed by atoms with Gasteiger partial charge in [0.15, 0.2) is 6.10 Å². The predicted molar refractivity (Wildman–Crippen MR) is 131 cm³/mol. The summed E-state index contributed by atoms with van der Waals surface area (Å²) in [5, 5.41) is 30.0. The van der Waals surface area contributed by atoms with Crippen molar-refractivity contribution in [2.75, 3.05) is 5.32 Å². The largest absolute Gasteiger partial charge is 0.508 e. The number of allylic oxidation sites excluding steroid dienone is 1. The van der Waals surface area contributed by atoms with Gasteiger partial charge in [0.1, 0.15) is 17.6 Å². The first kappa shape index (κ1) is 25.8. The number of aromatic hydroxyl groups is 1. The van der Waals surface area contributed by atoms with Crippen LogP contribution in [0.25, 0.3) is 0 Å². The van der Waals surface area contributed by atoms with Crippen LogP contribution in [0.4, 0.5) is 10.5 Å². The van der Waals surface area contributed by atoms with E-state index < -0.39 is 24.2 Å². The van der Waals surface area contributed by atoms with Gasteiger partial charge in [-0.05, 0) is 66.9 Å². The first-order valence-corrected chi connectivity index (χ1v) is 11.1. The van der Waals surface area contributed by atoms with E-state index in [2.05, 4.69) is 5.32 Å². The minimum Gasteiger partial charge on any atom is -0.508 e. The number of rotatable bonds is 10. The van der Waals surface area contributed by atoms with Crippen LogP contribution in [0.2, 0.25) is 0 Å². The molecule has 9 heteroatoms. The maximum Gasteiger partial charge on any atom is 0.412 e. The molecule has 0 aromatic heterocycles. The molecule has 0 unspecified atom stereocenters. The first-order chi connectivity index (χ1) is 17.5. The number of amides is 2. The molecule has 0 heterocycles. The van der Waals surface area contributed by atoms with Gasteiger partial charge in [-0.1, -0.05) is 36.4 Å². The molecule has 3 aromatic rings. The number of anilines is 1. The molecule has 3 rings (SSSR count). The van der Waals surface area contributed by atoms with Crippen molar-refractivity contribution >= 4 is 17.7 Å². The Bertz CT molecular complexity index is 1210. The van der Waals surface area contributed by atoms with Crippen LogP contribution in [0.5, 0.6) is 11.5 Å². The monoisotopic (exact) mass is 487 g/mol. The van der Waals surface area contributed by atoms with Crippen LogP contribution in [0.3, 0.4) is 0 Å². The number of phenols is 1. The van der Waals surface area contributed by atoms with Crippen molar-refractivity contribution < 1.29 is 29.4 Å². The summed E-state index contributed by atoms with van der Waals surface area (Å²) in [5.41, 5.74) is 3.01. The average Bonchev–Trinajstić information content (AvgIpc) is 2.90. The number of hydrogen-bond acceptors (Lipinski definition) is 7. The Morgan fingerprint density at radius 1 is 1.00 bits per heavy atom. The highest BCUT2D eigenvalue weighted by Crippen LogP contribution is 2.30. The van der Waals surface area contributed by atoms with E-state index in [1.807, 2.05) is 24.3 Å². The lowest BCUT2D eigenvalue weighted by atomic mass is 10.00. The topological polar surface area (TPSA) is 141 Å². The van der Waals surface area contributed by atoms with Crippen molar-refractivity contribution in [3.05, 3.63) is 102 Å². The number of nitriles is 1. The predicted octanol–water partition coefficient (Wildman–Crippen LogP) is 4.84. The smallest absolute Gasteiger partial charge is 0.412 e. The van der Waals surface area contributed by atoms with Gasteiger partial charge in [0.2, 0.25) is 0 Å². The molecule has 3 aromatic carbocycles. The Hall–Kier alpha value is -4.81. The van der Waals surface area contributed by atoms with Gasteiger partial charge in [0.25, 0.3) is 5.91 Å². The summed E-state index contributed by atoms with van der Waals surface area (Å²) in [7, 11) is 0. The van der Waals surface area contributed by atoms with Gasteiger partial charge >= 0.3 is 6.09 Å². The maximum absolute atomic E-state index is 12.8. The van der Waals surface area contributed by atoms with Crippen molar-refractivity contribution in [2.24, 2.45) is 0 Å². The van der Waals surface area contributed by atoms with E-state index in [0.29, 0.717) is 35.4 Å². The van der Waals surface area contributed by atoms with Crippen LogP contribution in [-0.4, -0.2) is 28.4 Å². The molecule has 2 atom stereocenters. The molecule has 0 radical (unpaired) electrons.